The Balaban J connectivity index is 2.07. The summed E-state index contributed by atoms with van der Waals surface area (Å²) in [6, 6.07) is 1.59. The van der Waals surface area contributed by atoms with Crippen molar-refractivity contribution in [3.63, 3.8) is 0 Å². The Morgan fingerprint density at radius 1 is 1.24 bits per heavy atom. The fourth-order valence-electron chi connectivity index (χ4n) is 2.04. The molecule has 17 heavy (non-hydrogen) atoms. The van der Waals surface area contributed by atoms with Gasteiger partial charge in [-0.1, -0.05) is 23.2 Å². The molecule has 1 aromatic heterocycles. The van der Waals surface area contributed by atoms with Crippen LogP contribution < -0.4 is 4.74 Å². The predicted octanol–water partition coefficient (Wildman–Crippen LogP) is 3.12. The molecule has 2 atom stereocenters. The zero-order valence-corrected chi connectivity index (χ0v) is 11.2. The van der Waals surface area contributed by atoms with E-state index in [0.717, 1.165) is 12.8 Å². The summed E-state index contributed by atoms with van der Waals surface area (Å²) in [6.45, 7) is 4.07. The van der Waals surface area contributed by atoms with E-state index in [9.17, 15) is 0 Å². The third kappa shape index (κ3) is 3.44. The molecule has 0 saturated carbocycles. The minimum absolute atomic E-state index is 0.0755. The number of aromatic nitrogens is 2. The van der Waals surface area contributed by atoms with Crippen LogP contribution in [0.4, 0.5) is 0 Å². The predicted molar refractivity (Wildman–Crippen MR) is 65.7 cm³/mol. The molecule has 0 aromatic carbocycles. The zero-order valence-electron chi connectivity index (χ0n) is 9.69. The van der Waals surface area contributed by atoms with Gasteiger partial charge in [-0.05, 0) is 13.8 Å². The van der Waals surface area contributed by atoms with Gasteiger partial charge in [-0.3, -0.25) is 0 Å². The van der Waals surface area contributed by atoms with E-state index in [1.807, 2.05) is 13.8 Å². The number of halogens is 2. The second-order valence-electron chi connectivity index (χ2n) is 4.29. The quantitative estimate of drug-likeness (QED) is 0.833. The van der Waals surface area contributed by atoms with E-state index in [2.05, 4.69) is 10.2 Å². The van der Waals surface area contributed by atoms with Crippen LogP contribution in [0, 0.1) is 0 Å². The van der Waals surface area contributed by atoms with Crippen LogP contribution in [0.1, 0.15) is 26.7 Å². The summed E-state index contributed by atoms with van der Waals surface area (Å²) < 4.78 is 11.4. The molecule has 4 nitrogen and oxygen atoms in total. The van der Waals surface area contributed by atoms with Gasteiger partial charge in [0.05, 0.1) is 12.2 Å². The van der Waals surface area contributed by atoms with Crippen molar-refractivity contribution in [2.24, 2.45) is 0 Å². The molecule has 1 saturated heterocycles. The van der Waals surface area contributed by atoms with E-state index in [-0.39, 0.29) is 28.6 Å². The molecule has 0 radical (unpaired) electrons. The molecular formula is C11H14Cl2N2O2. The highest BCUT2D eigenvalue weighted by atomic mass is 35.5. The van der Waals surface area contributed by atoms with E-state index in [1.54, 1.807) is 6.07 Å². The van der Waals surface area contributed by atoms with Gasteiger partial charge in [0.1, 0.15) is 6.10 Å². The minimum Gasteiger partial charge on any atom is -0.487 e. The highest BCUT2D eigenvalue weighted by Crippen LogP contribution is 2.29. The highest BCUT2D eigenvalue weighted by molar-refractivity contribution is 6.32. The molecule has 2 heterocycles. The van der Waals surface area contributed by atoms with Gasteiger partial charge in [-0.25, -0.2) is 0 Å². The lowest BCUT2D eigenvalue weighted by molar-refractivity contribution is -0.0722. The first kappa shape index (κ1) is 12.9. The number of nitrogens with zero attached hydrogens (tertiary/aromatic N) is 2. The van der Waals surface area contributed by atoms with Crippen molar-refractivity contribution in [2.75, 3.05) is 0 Å². The summed E-state index contributed by atoms with van der Waals surface area (Å²) in [5.74, 6) is 0.484. The molecule has 0 amide bonds. The Morgan fingerprint density at radius 2 is 1.88 bits per heavy atom. The molecule has 6 heteroatoms. The zero-order chi connectivity index (χ0) is 12.4. The van der Waals surface area contributed by atoms with Gasteiger partial charge in [0.2, 0.25) is 0 Å². The smallest absolute Gasteiger partial charge is 0.193 e. The largest absolute Gasteiger partial charge is 0.487 e. The van der Waals surface area contributed by atoms with Crippen LogP contribution in [0.25, 0.3) is 0 Å². The Labute approximate surface area is 110 Å². The molecule has 94 valence electrons. The summed E-state index contributed by atoms with van der Waals surface area (Å²) in [7, 11) is 0. The van der Waals surface area contributed by atoms with Crippen LogP contribution in [0.15, 0.2) is 6.07 Å². The number of ether oxygens (including phenoxy) is 2. The summed E-state index contributed by atoms with van der Waals surface area (Å²) >= 11 is 11.7. The molecular weight excluding hydrogens is 263 g/mol. The van der Waals surface area contributed by atoms with Crippen molar-refractivity contribution in [1.82, 2.24) is 10.2 Å². The molecule has 0 N–H and O–H groups in total. The van der Waals surface area contributed by atoms with Crippen LogP contribution in [-0.4, -0.2) is 28.5 Å². The van der Waals surface area contributed by atoms with E-state index < -0.39 is 0 Å². The molecule has 0 aliphatic carbocycles. The molecule has 1 aliphatic rings. The van der Waals surface area contributed by atoms with Gasteiger partial charge in [0.25, 0.3) is 0 Å². The van der Waals surface area contributed by atoms with Gasteiger partial charge in [-0.2, -0.15) is 0 Å². The van der Waals surface area contributed by atoms with E-state index >= 15 is 0 Å². The monoisotopic (exact) mass is 276 g/mol. The third-order valence-corrected chi connectivity index (χ3v) is 3.08. The second kappa shape index (κ2) is 5.38. The Kier molecular flexibility index (Phi) is 4.07. The van der Waals surface area contributed by atoms with Crippen molar-refractivity contribution < 1.29 is 9.47 Å². The molecule has 0 spiro atoms. The molecule has 2 rings (SSSR count). The van der Waals surface area contributed by atoms with Crippen LogP contribution in [0.5, 0.6) is 5.75 Å². The Hall–Kier alpha value is -0.580. The summed E-state index contributed by atoms with van der Waals surface area (Å²) in [6.07, 6.45) is 2.12. The summed E-state index contributed by atoms with van der Waals surface area (Å²) in [5, 5.41) is 7.86. The maximum absolute atomic E-state index is 5.90. The lowest BCUT2D eigenvalue weighted by atomic mass is 10.0. The number of rotatable bonds is 2. The lowest BCUT2D eigenvalue weighted by Gasteiger charge is -2.32. The van der Waals surface area contributed by atoms with Gasteiger partial charge < -0.3 is 9.47 Å². The highest BCUT2D eigenvalue weighted by Gasteiger charge is 2.26. The summed E-state index contributed by atoms with van der Waals surface area (Å²) in [5.41, 5.74) is 0. The topological polar surface area (TPSA) is 44.2 Å². The normalized spacial score (nSPS) is 29.1. The van der Waals surface area contributed by atoms with Gasteiger partial charge in [-0.15, -0.1) is 10.2 Å². The maximum atomic E-state index is 5.90. The Morgan fingerprint density at radius 3 is 2.53 bits per heavy atom. The van der Waals surface area contributed by atoms with E-state index in [1.165, 1.54) is 0 Å². The fraction of sp³-hybridized carbons (Fsp3) is 0.636. The number of hydrogen-bond acceptors (Lipinski definition) is 4. The molecule has 0 bridgehead atoms. The standard InChI is InChI=1S/C11H14Cl2N2O2/c1-6-3-8(4-7(2)16-6)17-9-5-10(12)14-15-11(9)13/h5-8H,3-4H2,1-2H3. The molecule has 1 fully saturated rings. The molecule has 1 aliphatic heterocycles. The van der Waals surface area contributed by atoms with Crippen molar-refractivity contribution in [2.45, 2.75) is 45.0 Å². The van der Waals surface area contributed by atoms with E-state index in [4.69, 9.17) is 32.7 Å². The summed E-state index contributed by atoms with van der Waals surface area (Å²) in [4.78, 5) is 0. The fourth-order valence-corrected chi connectivity index (χ4v) is 2.31. The minimum atomic E-state index is 0.0755. The van der Waals surface area contributed by atoms with Crippen LogP contribution >= 0.6 is 23.2 Å². The SMILES string of the molecule is CC1CC(Oc2cc(Cl)nnc2Cl)CC(C)O1. The van der Waals surface area contributed by atoms with Gasteiger partial charge in [0.15, 0.2) is 16.1 Å². The van der Waals surface area contributed by atoms with Gasteiger partial charge in [0, 0.05) is 18.9 Å². The van der Waals surface area contributed by atoms with Crippen LogP contribution in [0.2, 0.25) is 10.3 Å². The maximum Gasteiger partial charge on any atom is 0.193 e. The molecule has 2 unspecified atom stereocenters. The second-order valence-corrected chi connectivity index (χ2v) is 5.04. The first-order chi connectivity index (χ1) is 8.04. The van der Waals surface area contributed by atoms with Crippen molar-refractivity contribution in [3.8, 4) is 5.75 Å². The van der Waals surface area contributed by atoms with Gasteiger partial charge >= 0.3 is 0 Å². The lowest BCUT2D eigenvalue weighted by Crippen LogP contribution is -2.35. The van der Waals surface area contributed by atoms with Crippen molar-refractivity contribution in [1.29, 1.82) is 0 Å². The van der Waals surface area contributed by atoms with Crippen LogP contribution in [-0.2, 0) is 4.74 Å². The average molecular weight is 277 g/mol. The van der Waals surface area contributed by atoms with Crippen LogP contribution in [0.3, 0.4) is 0 Å². The van der Waals surface area contributed by atoms with Crippen molar-refractivity contribution in [3.05, 3.63) is 16.4 Å². The first-order valence-corrected chi connectivity index (χ1v) is 6.31. The first-order valence-electron chi connectivity index (χ1n) is 5.55. The van der Waals surface area contributed by atoms with Crippen molar-refractivity contribution >= 4 is 23.2 Å². The average Bonchev–Trinajstić information content (AvgIpc) is 2.22. The third-order valence-electron chi connectivity index (χ3n) is 2.63. The Bertz CT molecular complexity index is 393. The number of hydrogen-bond donors (Lipinski definition) is 0. The molecule has 1 aromatic rings. The van der Waals surface area contributed by atoms with E-state index in [0.29, 0.717) is 5.75 Å².